The Morgan fingerprint density at radius 3 is 2.60 bits per heavy atom. The minimum absolute atomic E-state index is 0.0982. The van der Waals surface area contributed by atoms with E-state index in [0.717, 1.165) is 32.3 Å². The molecule has 3 heterocycles. The molecule has 0 fully saturated rings. The highest BCUT2D eigenvalue weighted by Crippen LogP contribution is 2.25. The highest BCUT2D eigenvalue weighted by atomic mass is 32.1. The largest absolute Gasteiger partial charge is 0.323 e. The quantitative estimate of drug-likeness (QED) is 0.530. The lowest BCUT2D eigenvalue weighted by atomic mass is 10.2. The van der Waals surface area contributed by atoms with Crippen molar-refractivity contribution in [3.63, 3.8) is 0 Å². The van der Waals surface area contributed by atoms with E-state index in [2.05, 4.69) is 15.4 Å². The van der Waals surface area contributed by atoms with E-state index >= 15 is 0 Å². The Hall–Kier alpha value is -3.26. The number of nitrogens with one attached hydrogen (secondary N) is 1. The molecule has 0 radical (unpaired) electrons. The van der Waals surface area contributed by atoms with Gasteiger partial charge in [-0.15, -0.1) is 11.3 Å². The Morgan fingerprint density at radius 2 is 1.87 bits per heavy atom. The summed E-state index contributed by atoms with van der Waals surface area (Å²) in [5.74, 6) is -0.168. The molecule has 0 aliphatic heterocycles. The number of amides is 1. The standard InChI is InChI=1S/C22H23N5O2S/c1-13-16(4)30-21-19(13)22(29)26(12-23-21)11-10-18(28)24-20-14(2)25-27(15(20)3)17-8-6-5-7-9-17/h5-9,12H,10-11H2,1-4H3,(H,24,28). The number of carbonyl (C=O) groups excluding carboxylic acids is 1. The van der Waals surface area contributed by atoms with Crippen LogP contribution < -0.4 is 10.9 Å². The summed E-state index contributed by atoms with van der Waals surface area (Å²) in [4.78, 5) is 31.6. The van der Waals surface area contributed by atoms with Crippen LogP contribution in [0.4, 0.5) is 5.69 Å². The first-order chi connectivity index (χ1) is 14.4. The van der Waals surface area contributed by atoms with Gasteiger partial charge in [0.05, 0.1) is 34.5 Å². The Morgan fingerprint density at radius 1 is 1.13 bits per heavy atom. The topological polar surface area (TPSA) is 81.8 Å². The Kier molecular flexibility index (Phi) is 5.26. The molecule has 0 bridgehead atoms. The van der Waals surface area contributed by atoms with Crippen LogP contribution in [0.1, 0.15) is 28.2 Å². The highest BCUT2D eigenvalue weighted by molar-refractivity contribution is 7.18. The molecule has 30 heavy (non-hydrogen) atoms. The van der Waals surface area contributed by atoms with Gasteiger partial charge in [0.2, 0.25) is 5.91 Å². The molecule has 8 heteroatoms. The zero-order valence-corrected chi connectivity index (χ0v) is 18.2. The summed E-state index contributed by atoms with van der Waals surface area (Å²) in [6, 6.07) is 9.78. The van der Waals surface area contributed by atoms with Gasteiger partial charge in [-0.05, 0) is 45.4 Å². The first-order valence-electron chi connectivity index (χ1n) is 9.73. The minimum Gasteiger partial charge on any atom is -0.323 e. The van der Waals surface area contributed by atoms with Crippen LogP contribution in [-0.2, 0) is 11.3 Å². The van der Waals surface area contributed by atoms with E-state index in [4.69, 9.17) is 0 Å². The van der Waals surface area contributed by atoms with Crippen LogP contribution in [-0.4, -0.2) is 25.2 Å². The van der Waals surface area contributed by atoms with Gasteiger partial charge in [-0.2, -0.15) is 5.10 Å². The fraction of sp³-hybridized carbons (Fsp3) is 0.273. The number of benzene rings is 1. The van der Waals surface area contributed by atoms with E-state index in [1.54, 1.807) is 0 Å². The van der Waals surface area contributed by atoms with Crippen LogP contribution in [0.5, 0.6) is 0 Å². The summed E-state index contributed by atoms with van der Waals surface area (Å²) < 4.78 is 3.32. The average molecular weight is 422 g/mol. The first kappa shape index (κ1) is 20.0. The lowest BCUT2D eigenvalue weighted by Crippen LogP contribution is -2.23. The summed E-state index contributed by atoms with van der Waals surface area (Å²) >= 11 is 1.52. The maximum atomic E-state index is 12.8. The third kappa shape index (κ3) is 3.54. The molecule has 1 aromatic carbocycles. The molecule has 1 N–H and O–H groups in total. The van der Waals surface area contributed by atoms with Crippen molar-refractivity contribution in [1.82, 2.24) is 19.3 Å². The molecule has 0 aliphatic rings. The van der Waals surface area contributed by atoms with Crippen molar-refractivity contribution in [2.24, 2.45) is 0 Å². The van der Waals surface area contributed by atoms with Crippen molar-refractivity contribution < 1.29 is 4.79 Å². The van der Waals surface area contributed by atoms with Crippen LogP contribution in [0.15, 0.2) is 41.5 Å². The molecule has 0 aliphatic carbocycles. The molecule has 7 nitrogen and oxygen atoms in total. The van der Waals surface area contributed by atoms with Crippen molar-refractivity contribution in [3.05, 3.63) is 68.8 Å². The van der Waals surface area contributed by atoms with E-state index in [0.29, 0.717) is 11.1 Å². The van der Waals surface area contributed by atoms with Crippen LogP contribution in [0, 0.1) is 27.7 Å². The van der Waals surface area contributed by atoms with Gasteiger partial charge in [-0.1, -0.05) is 18.2 Å². The number of hydrogen-bond donors (Lipinski definition) is 1. The Bertz CT molecular complexity index is 1300. The summed E-state index contributed by atoms with van der Waals surface area (Å²) in [6.07, 6.45) is 1.70. The molecule has 4 rings (SSSR count). The molecular weight excluding hydrogens is 398 g/mol. The number of anilines is 1. The number of nitrogens with zero attached hydrogens (tertiary/aromatic N) is 4. The van der Waals surface area contributed by atoms with Crippen LogP contribution in [0.25, 0.3) is 15.9 Å². The molecule has 154 valence electrons. The number of aromatic nitrogens is 4. The van der Waals surface area contributed by atoms with Gasteiger partial charge >= 0.3 is 0 Å². The van der Waals surface area contributed by atoms with Gasteiger partial charge in [-0.3, -0.25) is 14.2 Å². The smallest absolute Gasteiger partial charge is 0.262 e. The van der Waals surface area contributed by atoms with E-state index in [1.807, 2.05) is 62.7 Å². The molecule has 1 amide bonds. The fourth-order valence-electron chi connectivity index (χ4n) is 3.50. The lowest BCUT2D eigenvalue weighted by molar-refractivity contribution is -0.116. The number of thiophene rings is 1. The number of hydrogen-bond acceptors (Lipinski definition) is 5. The van der Waals surface area contributed by atoms with Crippen molar-refractivity contribution in [1.29, 1.82) is 0 Å². The zero-order chi connectivity index (χ0) is 21.4. The maximum Gasteiger partial charge on any atom is 0.262 e. The molecule has 0 saturated heterocycles. The molecule has 0 saturated carbocycles. The summed E-state index contributed by atoms with van der Waals surface area (Å²) in [7, 11) is 0. The van der Waals surface area contributed by atoms with Gasteiger partial charge in [0.1, 0.15) is 4.83 Å². The second kappa shape index (κ2) is 7.87. The maximum absolute atomic E-state index is 12.8. The second-order valence-corrected chi connectivity index (χ2v) is 8.50. The monoisotopic (exact) mass is 421 g/mol. The van der Waals surface area contributed by atoms with Crippen LogP contribution >= 0.6 is 11.3 Å². The molecule has 3 aromatic heterocycles. The lowest BCUT2D eigenvalue weighted by Gasteiger charge is -2.08. The number of aryl methyl sites for hydroxylation is 4. The number of carbonyl (C=O) groups is 1. The number of fused-ring (bicyclic) bond motifs is 1. The number of para-hydroxylation sites is 1. The van der Waals surface area contributed by atoms with E-state index in [-0.39, 0.29) is 24.4 Å². The van der Waals surface area contributed by atoms with Crippen LogP contribution in [0.2, 0.25) is 0 Å². The van der Waals surface area contributed by atoms with Crippen molar-refractivity contribution in [2.75, 3.05) is 5.32 Å². The van der Waals surface area contributed by atoms with Gasteiger partial charge in [0.25, 0.3) is 5.56 Å². The van der Waals surface area contributed by atoms with Gasteiger partial charge in [0.15, 0.2) is 0 Å². The van der Waals surface area contributed by atoms with Crippen molar-refractivity contribution in [3.8, 4) is 5.69 Å². The van der Waals surface area contributed by atoms with E-state index in [1.165, 1.54) is 22.2 Å². The van der Waals surface area contributed by atoms with Gasteiger partial charge in [-0.25, -0.2) is 9.67 Å². The third-order valence-electron chi connectivity index (χ3n) is 5.29. The van der Waals surface area contributed by atoms with E-state index < -0.39 is 0 Å². The highest BCUT2D eigenvalue weighted by Gasteiger charge is 2.16. The Labute approximate surface area is 178 Å². The summed E-state index contributed by atoms with van der Waals surface area (Å²) in [6.45, 7) is 7.98. The predicted molar refractivity (Wildman–Crippen MR) is 120 cm³/mol. The van der Waals surface area contributed by atoms with Crippen LogP contribution in [0.3, 0.4) is 0 Å². The van der Waals surface area contributed by atoms with Crippen molar-refractivity contribution >= 4 is 33.1 Å². The first-order valence-corrected chi connectivity index (χ1v) is 10.5. The molecular formula is C22H23N5O2S. The van der Waals surface area contributed by atoms with Gasteiger partial charge in [0, 0.05) is 17.8 Å². The third-order valence-corrected chi connectivity index (χ3v) is 6.41. The zero-order valence-electron chi connectivity index (χ0n) is 17.4. The minimum atomic E-state index is -0.168. The SMILES string of the molecule is Cc1nn(-c2ccccc2)c(C)c1NC(=O)CCn1cnc2sc(C)c(C)c2c1=O. The second-order valence-electron chi connectivity index (χ2n) is 7.30. The summed E-state index contributed by atoms with van der Waals surface area (Å²) in [5.41, 5.74) is 4.11. The molecule has 0 unspecified atom stereocenters. The van der Waals surface area contributed by atoms with Gasteiger partial charge < -0.3 is 5.32 Å². The molecule has 4 aromatic rings. The Balaban J connectivity index is 1.51. The predicted octanol–water partition coefficient (Wildman–Crippen LogP) is 3.91. The molecule has 0 atom stereocenters. The van der Waals surface area contributed by atoms with E-state index in [9.17, 15) is 9.59 Å². The summed E-state index contributed by atoms with van der Waals surface area (Å²) in [5, 5.41) is 8.15. The van der Waals surface area contributed by atoms with Crippen molar-refractivity contribution in [2.45, 2.75) is 40.7 Å². The fourth-order valence-corrected chi connectivity index (χ4v) is 4.48. The molecule has 0 spiro atoms. The number of rotatable bonds is 5. The normalized spacial score (nSPS) is 11.2. The average Bonchev–Trinajstić information content (AvgIpc) is 3.18.